The average molecular weight is 653 g/mol. The number of pyridine rings is 1. The fraction of sp³-hybridized carbons (Fsp3) is 0.368. The zero-order valence-electron chi connectivity index (χ0n) is 28.0. The van der Waals surface area contributed by atoms with Crippen molar-refractivity contribution in [3.8, 4) is 28.7 Å². The summed E-state index contributed by atoms with van der Waals surface area (Å²) in [6.45, 7) is 13.2. The van der Waals surface area contributed by atoms with Crippen molar-refractivity contribution in [1.29, 1.82) is 5.26 Å². The molecular formula is C38H42BClN2O5. The van der Waals surface area contributed by atoms with Crippen LogP contribution in [0.25, 0.3) is 11.1 Å². The molecule has 0 aliphatic carbocycles. The standard InChI is InChI=1S/C38H42BClN2O5/c1-25-30(12-9-13-31(25)32-14-10-15-33(26(32)2)39-46-37(3,4)38(5,6)47-39)24-45-36-19-35(29(18-34(36)40)11-7-8-16-43)44-23-28-17-27(20-41)21-42-22-28/h9-10,12-15,17-19,21-22,43H,7-8,11,16,23-24H2,1-6H3. The first-order valence-electron chi connectivity index (χ1n) is 16.0. The topological polar surface area (TPSA) is 93.8 Å². The van der Waals surface area contributed by atoms with Gasteiger partial charge in [0, 0.05) is 30.6 Å². The molecule has 7 nitrogen and oxygen atoms in total. The monoisotopic (exact) mass is 652 g/mol. The second-order valence-electron chi connectivity index (χ2n) is 13.0. The number of aliphatic hydroxyl groups excluding tert-OH is 1. The van der Waals surface area contributed by atoms with Gasteiger partial charge in [-0.1, -0.05) is 48.0 Å². The number of nitrogens with zero attached hydrogens (tertiary/aromatic N) is 2. The Hall–Kier alpha value is -3.87. The summed E-state index contributed by atoms with van der Waals surface area (Å²) in [5.41, 5.74) is 7.86. The van der Waals surface area contributed by atoms with Gasteiger partial charge in [-0.3, -0.25) is 4.98 Å². The zero-order valence-corrected chi connectivity index (χ0v) is 28.8. The molecule has 5 rings (SSSR count). The van der Waals surface area contributed by atoms with Gasteiger partial charge in [0.2, 0.25) is 0 Å². The van der Waals surface area contributed by atoms with Crippen molar-refractivity contribution in [3.05, 3.63) is 105 Å². The normalized spacial score (nSPS) is 15.0. The summed E-state index contributed by atoms with van der Waals surface area (Å²) in [6.07, 6.45) is 5.36. The lowest BCUT2D eigenvalue weighted by Gasteiger charge is -2.32. The van der Waals surface area contributed by atoms with Crippen molar-refractivity contribution in [2.24, 2.45) is 0 Å². The number of aromatic nitrogens is 1. The van der Waals surface area contributed by atoms with E-state index >= 15 is 0 Å². The largest absolute Gasteiger partial charge is 0.495 e. The first kappa shape index (κ1) is 34.5. The van der Waals surface area contributed by atoms with E-state index in [0.29, 0.717) is 41.5 Å². The molecule has 1 N–H and O–H groups in total. The third-order valence-corrected chi connectivity index (χ3v) is 9.59. The van der Waals surface area contributed by atoms with Gasteiger partial charge < -0.3 is 23.9 Å². The molecule has 244 valence electrons. The molecule has 2 heterocycles. The number of hydrogen-bond acceptors (Lipinski definition) is 7. The van der Waals surface area contributed by atoms with E-state index in [1.165, 1.54) is 6.20 Å². The van der Waals surface area contributed by atoms with E-state index in [-0.39, 0.29) is 13.2 Å². The van der Waals surface area contributed by atoms with E-state index in [0.717, 1.165) is 50.8 Å². The van der Waals surface area contributed by atoms with E-state index in [1.807, 2.05) is 18.2 Å². The number of rotatable bonds is 12. The van der Waals surface area contributed by atoms with E-state index in [4.69, 9.17) is 30.4 Å². The number of hydrogen-bond donors (Lipinski definition) is 1. The maximum atomic E-state index is 9.30. The molecule has 4 aromatic rings. The predicted molar refractivity (Wildman–Crippen MR) is 186 cm³/mol. The summed E-state index contributed by atoms with van der Waals surface area (Å²) in [7, 11) is -0.441. The second-order valence-corrected chi connectivity index (χ2v) is 13.4. The van der Waals surface area contributed by atoms with Crippen LogP contribution in [0.5, 0.6) is 11.5 Å². The minimum atomic E-state index is -0.441. The summed E-state index contributed by atoms with van der Waals surface area (Å²) in [6, 6.07) is 20.1. The molecular weight excluding hydrogens is 611 g/mol. The van der Waals surface area contributed by atoms with Gasteiger partial charge in [0.1, 0.15) is 30.8 Å². The maximum absolute atomic E-state index is 9.30. The van der Waals surface area contributed by atoms with E-state index in [1.54, 1.807) is 12.3 Å². The highest BCUT2D eigenvalue weighted by atomic mass is 35.5. The molecule has 1 fully saturated rings. The molecule has 3 aromatic carbocycles. The Morgan fingerprint density at radius 3 is 2.23 bits per heavy atom. The number of ether oxygens (including phenoxy) is 2. The van der Waals surface area contributed by atoms with E-state index in [9.17, 15) is 10.4 Å². The summed E-state index contributed by atoms with van der Waals surface area (Å²) in [5.74, 6) is 1.16. The first-order chi connectivity index (χ1) is 22.4. The summed E-state index contributed by atoms with van der Waals surface area (Å²) in [4.78, 5) is 4.14. The Labute approximate surface area is 283 Å². The molecule has 47 heavy (non-hydrogen) atoms. The minimum Gasteiger partial charge on any atom is -0.488 e. The lowest BCUT2D eigenvalue weighted by molar-refractivity contribution is 0.00578. The van der Waals surface area contributed by atoms with Gasteiger partial charge in [0.05, 0.1) is 21.8 Å². The molecule has 1 aromatic heterocycles. The highest BCUT2D eigenvalue weighted by Gasteiger charge is 2.52. The van der Waals surface area contributed by atoms with Crippen LogP contribution in [-0.2, 0) is 28.9 Å². The molecule has 0 saturated carbocycles. The number of unbranched alkanes of at least 4 members (excludes halogenated alkanes) is 1. The third kappa shape index (κ3) is 7.66. The minimum absolute atomic E-state index is 0.123. The van der Waals surface area contributed by atoms with Crippen LogP contribution < -0.4 is 14.9 Å². The highest BCUT2D eigenvalue weighted by Crippen LogP contribution is 2.38. The van der Waals surface area contributed by atoms with Crippen LogP contribution >= 0.6 is 11.6 Å². The number of halogens is 1. The van der Waals surface area contributed by atoms with Crippen molar-refractivity contribution < 1.29 is 23.9 Å². The van der Waals surface area contributed by atoms with Crippen LogP contribution in [-0.4, -0.2) is 35.0 Å². The van der Waals surface area contributed by atoms with Crippen LogP contribution in [0.4, 0.5) is 0 Å². The van der Waals surface area contributed by atoms with Crippen molar-refractivity contribution in [2.75, 3.05) is 6.61 Å². The second kappa shape index (κ2) is 14.5. The van der Waals surface area contributed by atoms with Gasteiger partial charge in [-0.15, -0.1) is 0 Å². The SMILES string of the molecule is Cc1c(COc2cc(OCc3cncc(C#N)c3)c(CCCCO)cc2Cl)cccc1-c1cccc(B2OC(C)(C)C(C)(C)O2)c1C. The molecule has 1 saturated heterocycles. The smallest absolute Gasteiger partial charge is 0.488 e. The lowest BCUT2D eigenvalue weighted by Crippen LogP contribution is -2.41. The average Bonchev–Trinajstić information content (AvgIpc) is 3.26. The van der Waals surface area contributed by atoms with E-state index in [2.05, 4.69) is 82.9 Å². The quantitative estimate of drug-likeness (QED) is 0.124. The molecule has 0 radical (unpaired) electrons. The van der Waals surface area contributed by atoms with Gasteiger partial charge in [0.15, 0.2) is 0 Å². The Balaban J connectivity index is 1.38. The Morgan fingerprint density at radius 2 is 1.53 bits per heavy atom. The Morgan fingerprint density at radius 1 is 0.851 bits per heavy atom. The van der Waals surface area contributed by atoms with Crippen molar-refractivity contribution in [2.45, 2.75) is 85.2 Å². The van der Waals surface area contributed by atoms with Gasteiger partial charge in [-0.05, 0) is 112 Å². The lowest BCUT2D eigenvalue weighted by atomic mass is 9.74. The van der Waals surface area contributed by atoms with Crippen molar-refractivity contribution in [3.63, 3.8) is 0 Å². The first-order valence-corrected chi connectivity index (χ1v) is 16.4. The predicted octanol–water partition coefficient (Wildman–Crippen LogP) is 7.66. The van der Waals surface area contributed by atoms with Gasteiger partial charge in [-0.25, -0.2) is 0 Å². The highest BCUT2D eigenvalue weighted by molar-refractivity contribution is 6.62. The van der Waals surface area contributed by atoms with Gasteiger partial charge in [-0.2, -0.15) is 5.26 Å². The summed E-state index contributed by atoms with van der Waals surface area (Å²) >= 11 is 6.74. The molecule has 1 aliphatic heterocycles. The van der Waals surface area contributed by atoms with Crippen LogP contribution in [0.3, 0.4) is 0 Å². The van der Waals surface area contributed by atoms with Crippen LogP contribution in [0.2, 0.25) is 5.02 Å². The van der Waals surface area contributed by atoms with Gasteiger partial charge >= 0.3 is 7.12 Å². The number of benzene rings is 3. The number of aliphatic hydroxyl groups is 1. The number of nitriles is 1. The molecule has 0 atom stereocenters. The molecule has 0 bridgehead atoms. The Bertz CT molecular complexity index is 1770. The molecule has 0 amide bonds. The van der Waals surface area contributed by atoms with Crippen LogP contribution in [0, 0.1) is 25.2 Å². The molecule has 0 spiro atoms. The van der Waals surface area contributed by atoms with Crippen molar-refractivity contribution >= 4 is 24.2 Å². The molecule has 0 unspecified atom stereocenters. The summed E-state index contributed by atoms with van der Waals surface area (Å²) < 4.78 is 25.3. The van der Waals surface area contributed by atoms with Gasteiger partial charge in [0.25, 0.3) is 0 Å². The fourth-order valence-corrected chi connectivity index (χ4v) is 5.93. The molecule has 9 heteroatoms. The molecule has 1 aliphatic rings. The zero-order chi connectivity index (χ0) is 33.8. The summed E-state index contributed by atoms with van der Waals surface area (Å²) in [5, 5.41) is 19.0. The maximum Gasteiger partial charge on any atom is 0.495 e. The van der Waals surface area contributed by atoms with E-state index < -0.39 is 18.3 Å². The van der Waals surface area contributed by atoms with Crippen LogP contribution in [0.15, 0.2) is 67.0 Å². The van der Waals surface area contributed by atoms with Crippen molar-refractivity contribution in [1.82, 2.24) is 4.98 Å². The third-order valence-electron chi connectivity index (χ3n) is 9.29. The van der Waals surface area contributed by atoms with Crippen LogP contribution in [0.1, 0.15) is 73.9 Å². The fourth-order valence-electron chi connectivity index (χ4n) is 5.69. The Kier molecular flexibility index (Phi) is 10.6. The number of aryl methyl sites for hydroxylation is 1.